The summed E-state index contributed by atoms with van der Waals surface area (Å²) in [6.45, 7) is 4.21. The van der Waals surface area contributed by atoms with Gasteiger partial charge in [0.25, 0.3) is 5.56 Å². The molecule has 0 saturated heterocycles. The third-order valence-corrected chi connectivity index (χ3v) is 7.80. The smallest absolute Gasteiger partial charge is 0.283 e. The maximum Gasteiger partial charge on any atom is 0.297 e. The molecule has 0 radical (unpaired) electrons. The second kappa shape index (κ2) is 10.0. The van der Waals surface area contributed by atoms with Crippen molar-refractivity contribution in [2.45, 2.75) is 46.0 Å². The SMILES string of the molecule is CCC1CCC(=Nn2c(-c3ccccc3)csc2=Nc2c(C)n(C)n(-c3ccccc3)c2=O)CC1. The number of nitrogens with zero attached hydrogens (tertiary/aromatic N) is 5. The lowest BCUT2D eigenvalue weighted by Crippen LogP contribution is -2.20. The summed E-state index contributed by atoms with van der Waals surface area (Å²) in [6.07, 6.45) is 5.63. The Labute approximate surface area is 209 Å². The molecule has 180 valence electrons. The molecule has 0 amide bonds. The van der Waals surface area contributed by atoms with Crippen molar-refractivity contribution in [1.82, 2.24) is 14.0 Å². The summed E-state index contributed by atoms with van der Waals surface area (Å²) in [6, 6.07) is 19.9. The maximum atomic E-state index is 13.5. The molecular weight excluding hydrogens is 454 g/mol. The topological polar surface area (TPSA) is 56.6 Å². The largest absolute Gasteiger partial charge is 0.297 e. The number of benzene rings is 2. The van der Waals surface area contributed by atoms with Crippen LogP contribution in [0.2, 0.25) is 0 Å². The minimum atomic E-state index is -0.131. The Hall–Kier alpha value is -3.45. The van der Waals surface area contributed by atoms with Gasteiger partial charge in [-0.25, -0.2) is 14.4 Å². The molecule has 0 unspecified atom stereocenters. The summed E-state index contributed by atoms with van der Waals surface area (Å²) in [5, 5.41) is 7.19. The fourth-order valence-corrected chi connectivity index (χ4v) is 5.56. The first kappa shape index (κ1) is 23.3. The van der Waals surface area contributed by atoms with Crippen LogP contribution in [0.5, 0.6) is 0 Å². The van der Waals surface area contributed by atoms with E-state index >= 15 is 0 Å². The van der Waals surface area contributed by atoms with Crippen molar-refractivity contribution in [2.24, 2.45) is 23.1 Å². The van der Waals surface area contributed by atoms with Crippen molar-refractivity contribution < 1.29 is 0 Å². The Kier molecular flexibility index (Phi) is 6.68. The number of para-hydroxylation sites is 1. The average molecular weight is 486 g/mol. The van der Waals surface area contributed by atoms with Gasteiger partial charge in [-0.3, -0.25) is 9.48 Å². The molecule has 1 aliphatic rings. The third kappa shape index (κ3) is 4.60. The van der Waals surface area contributed by atoms with E-state index in [0.717, 1.165) is 41.4 Å². The second-order valence-electron chi connectivity index (χ2n) is 9.12. The van der Waals surface area contributed by atoms with Crippen molar-refractivity contribution in [2.75, 3.05) is 0 Å². The molecule has 1 aliphatic carbocycles. The lowest BCUT2D eigenvalue weighted by molar-refractivity contribution is 0.428. The van der Waals surface area contributed by atoms with Gasteiger partial charge < -0.3 is 0 Å². The Morgan fingerprint density at radius 2 is 1.66 bits per heavy atom. The number of aromatic nitrogens is 3. The van der Waals surface area contributed by atoms with Crippen LogP contribution in [0.1, 0.15) is 44.7 Å². The summed E-state index contributed by atoms with van der Waals surface area (Å²) < 4.78 is 5.48. The molecule has 1 saturated carbocycles. The Morgan fingerprint density at radius 1 is 1.00 bits per heavy atom. The summed E-state index contributed by atoms with van der Waals surface area (Å²) in [5.74, 6) is 0.794. The van der Waals surface area contributed by atoms with Gasteiger partial charge in [0.05, 0.1) is 17.1 Å². The number of thiazole rings is 1. The minimum Gasteiger partial charge on any atom is -0.283 e. The van der Waals surface area contributed by atoms with E-state index < -0.39 is 0 Å². The molecule has 0 bridgehead atoms. The molecule has 6 nitrogen and oxygen atoms in total. The average Bonchev–Trinajstić information content (AvgIpc) is 3.39. The summed E-state index contributed by atoms with van der Waals surface area (Å²) in [7, 11) is 1.90. The third-order valence-electron chi connectivity index (χ3n) is 6.99. The lowest BCUT2D eigenvalue weighted by atomic mass is 9.86. The van der Waals surface area contributed by atoms with Gasteiger partial charge in [0.2, 0.25) is 4.80 Å². The van der Waals surface area contributed by atoms with Crippen LogP contribution in [-0.2, 0) is 7.05 Å². The molecule has 2 aromatic carbocycles. The zero-order valence-electron chi connectivity index (χ0n) is 20.5. The Balaban J connectivity index is 1.65. The zero-order valence-corrected chi connectivity index (χ0v) is 21.3. The van der Waals surface area contributed by atoms with Crippen LogP contribution in [0.15, 0.2) is 80.9 Å². The van der Waals surface area contributed by atoms with Crippen LogP contribution >= 0.6 is 11.3 Å². The van der Waals surface area contributed by atoms with Crippen LogP contribution in [0, 0.1) is 12.8 Å². The van der Waals surface area contributed by atoms with Crippen LogP contribution in [-0.4, -0.2) is 19.8 Å². The van der Waals surface area contributed by atoms with Gasteiger partial charge in [0.1, 0.15) is 0 Å². The first-order valence-corrected chi connectivity index (χ1v) is 13.2. The predicted molar refractivity (Wildman–Crippen MR) is 144 cm³/mol. The molecule has 0 spiro atoms. The molecule has 0 N–H and O–H groups in total. The second-order valence-corrected chi connectivity index (χ2v) is 9.96. The first-order valence-electron chi connectivity index (χ1n) is 12.3. The highest BCUT2D eigenvalue weighted by Crippen LogP contribution is 2.26. The zero-order chi connectivity index (χ0) is 24.4. The fraction of sp³-hybridized carbons (Fsp3) is 0.321. The highest BCUT2D eigenvalue weighted by molar-refractivity contribution is 7.07. The predicted octanol–water partition coefficient (Wildman–Crippen LogP) is 6.05. The van der Waals surface area contributed by atoms with E-state index in [4.69, 9.17) is 10.1 Å². The monoisotopic (exact) mass is 485 g/mol. The van der Waals surface area contributed by atoms with Gasteiger partial charge in [-0.15, -0.1) is 11.3 Å². The summed E-state index contributed by atoms with van der Waals surface area (Å²) >= 11 is 1.52. The summed E-state index contributed by atoms with van der Waals surface area (Å²) in [4.78, 5) is 19.1. The van der Waals surface area contributed by atoms with Gasteiger partial charge in [0.15, 0.2) is 5.69 Å². The number of rotatable bonds is 5. The standard InChI is InChI=1S/C28H31N5OS/c1-4-21-15-17-23(18-16-21)30-32-25(22-11-7-5-8-12-22)19-35-28(32)29-26-20(2)31(3)33(27(26)34)24-13-9-6-10-14-24/h5-14,19,21H,4,15-18H2,1-3H3. The molecule has 5 rings (SSSR count). The van der Waals surface area contributed by atoms with E-state index in [9.17, 15) is 4.79 Å². The lowest BCUT2D eigenvalue weighted by Gasteiger charge is -2.21. The molecule has 2 heterocycles. The Bertz CT molecular complexity index is 1460. The Morgan fingerprint density at radius 3 is 2.31 bits per heavy atom. The molecule has 0 aliphatic heterocycles. The highest BCUT2D eigenvalue weighted by atomic mass is 32.1. The maximum absolute atomic E-state index is 13.5. The van der Waals surface area contributed by atoms with E-state index in [0.29, 0.717) is 10.5 Å². The molecule has 35 heavy (non-hydrogen) atoms. The van der Waals surface area contributed by atoms with Crippen LogP contribution in [0.3, 0.4) is 0 Å². The van der Waals surface area contributed by atoms with E-state index in [2.05, 4.69) is 24.4 Å². The van der Waals surface area contributed by atoms with Gasteiger partial charge >= 0.3 is 0 Å². The fourth-order valence-electron chi connectivity index (χ4n) is 4.72. The van der Waals surface area contributed by atoms with Crippen LogP contribution < -0.4 is 10.4 Å². The van der Waals surface area contributed by atoms with E-state index in [1.807, 2.05) is 71.9 Å². The van der Waals surface area contributed by atoms with Crippen molar-refractivity contribution >= 4 is 22.7 Å². The molecule has 7 heteroatoms. The number of hydrogen-bond donors (Lipinski definition) is 0. The van der Waals surface area contributed by atoms with Gasteiger partial charge in [-0.1, -0.05) is 61.9 Å². The van der Waals surface area contributed by atoms with Gasteiger partial charge in [-0.05, 0) is 50.7 Å². The first-order chi connectivity index (χ1) is 17.1. The van der Waals surface area contributed by atoms with Crippen LogP contribution in [0.25, 0.3) is 16.9 Å². The van der Waals surface area contributed by atoms with E-state index in [1.165, 1.54) is 36.3 Å². The van der Waals surface area contributed by atoms with Crippen molar-refractivity contribution in [3.05, 3.63) is 86.9 Å². The molecule has 0 atom stereocenters. The number of hydrogen-bond acceptors (Lipinski definition) is 4. The minimum absolute atomic E-state index is 0.131. The normalized spacial score (nSPS) is 16.6. The van der Waals surface area contributed by atoms with Crippen LogP contribution in [0.4, 0.5) is 5.69 Å². The quantitative estimate of drug-likeness (QED) is 0.339. The van der Waals surface area contributed by atoms with Gasteiger partial charge in [0, 0.05) is 23.7 Å². The van der Waals surface area contributed by atoms with E-state index in [-0.39, 0.29) is 5.56 Å². The van der Waals surface area contributed by atoms with Crippen molar-refractivity contribution in [3.63, 3.8) is 0 Å². The molecule has 1 fully saturated rings. The van der Waals surface area contributed by atoms with Crippen molar-refractivity contribution in [3.8, 4) is 16.9 Å². The highest BCUT2D eigenvalue weighted by Gasteiger charge is 2.19. The van der Waals surface area contributed by atoms with Gasteiger partial charge in [-0.2, -0.15) is 5.10 Å². The molecule has 2 aromatic heterocycles. The molecular formula is C28H31N5OS. The summed E-state index contributed by atoms with van der Waals surface area (Å²) in [5.41, 5.74) is 5.24. The van der Waals surface area contributed by atoms with Crippen molar-refractivity contribution in [1.29, 1.82) is 0 Å². The van der Waals surface area contributed by atoms with E-state index in [1.54, 1.807) is 4.68 Å². The molecule has 4 aromatic rings.